The molecule has 1 aliphatic heterocycles. The van der Waals surface area contributed by atoms with E-state index in [1.807, 2.05) is 11.3 Å². The summed E-state index contributed by atoms with van der Waals surface area (Å²) >= 11 is 5.41. The zero-order valence-corrected chi connectivity index (χ0v) is 11.1. The Morgan fingerprint density at radius 3 is 3.06 bits per heavy atom. The van der Waals surface area contributed by atoms with Crippen molar-refractivity contribution in [3.63, 3.8) is 0 Å². The number of fused-ring (bicyclic) bond motifs is 1. The highest BCUT2D eigenvalue weighted by molar-refractivity contribution is 9.10. The predicted molar refractivity (Wildman–Crippen MR) is 73.4 cm³/mol. The first-order valence-electron chi connectivity index (χ1n) is 5.41. The first kappa shape index (κ1) is 10.4. The summed E-state index contributed by atoms with van der Waals surface area (Å²) < 4.78 is 1.16. The molecule has 0 saturated carbocycles. The molecule has 1 unspecified atom stereocenters. The van der Waals surface area contributed by atoms with Crippen molar-refractivity contribution in [2.75, 3.05) is 11.9 Å². The van der Waals surface area contributed by atoms with E-state index >= 15 is 0 Å². The van der Waals surface area contributed by atoms with Gasteiger partial charge in [-0.15, -0.1) is 11.3 Å². The van der Waals surface area contributed by atoms with Crippen LogP contribution in [0.2, 0.25) is 0 Å². The van der Waals surface area contributed by atoms with Crippen LogP contribution >= 0.6 is 27.3 Å². The van der Waals surface area contributed by atoms with Gasteiger partial charge in [-0.05, 0) is 41.6 Å². The summed E-state index contributed by atoms with van der Waals surface area (Å²) in [5.74, 6) is 0.564. The van der Waals surface area contributed by atoms with Crippen LogP contribution in [0.25, 0.3) is 0 Å². The second-order valence-electron chi connectivity index (χ2n) is 4.02. The minimum atomic E-state index is 0.564. The average molecular weight is 294 g/mol. The maximum absolute atomic E-state index is 3.56. The van der Waals surface area contributed by atoms with Crippen LogP contribution < -0.4 is 5.32 Å². The fraction of sp³-hybridized carbons (Fsp3) is 0.231. The third kappa shape index (κ3) is 1.78. The van der Waals surface area contributed by atoms with Gasteiger partial charge < -0.3 is 5.32 Å². The highest BCUT2D eigenvalue weighted by Gasteiger charge is 2.22. The molecule has 1 atom stereocenters. The van der Waals surface area contributed by atoms with Crippen molar-refractivity contribution in [3.8, 4) is 0 Å². The molecular formula is C13H12BrNS. The van der Waals surface area contributed by atoms with Crippen molar-refractivity contribution < 1.29 is 0 Å². The Hall–Kier alpha value is -0.800. The molecule has 0 aliphatic carbocycles. The highest BCUT2D eigenvalue weighted by atomic mass is 79.9. The third-order valence-corrected chi connectivity index (χ3v) is 4.50. The van der Waals surface area contributed by atoms with Gasteiger partial charge in [-0.1, -0.05) is 22.0 Å². The van der Waals surface area contributed by atoms with Crippen LogP contribution in [0, 0.1) is 0 Å². The molecule has 2 aromatic rings. The van der Waals surface area contributed by atoms with Crippen LogP contribution in [0.15, 0.2) is 40.2 Å². The molecule has 0 radical (unpaired) electrons. The standard InChI is InChI=1S/C13H12BrNS/c14-9-3-4-12-11(8-9)10(5-6-15-12)13-2-1-7-16-13/h1-4,7-8,10,15H,5-6H2. The fourth-order valence-electron chi connectivity index (χ4n) is 2.27. The summed E-state index contributed by atoms with van der Waals surface area (Å²) in [7, 11) is 0. The Bertz CT molecular complexity index is 493. The summed E-state index contributed by atoms with van der Waals surface area (Å²) in [6.45, 7) is 1.07. The maximum atomic E-state index is 3.56. The second kappa shape index (κ2) is 4.22. The second-order valence-corrected chi connectivity index (χ2v) is 5.91. The molecule has 16 heavy (non-hydrogen) atoms. The van der Waals surface area contributed by atoms with Crippen LogP contribution in [-0.4, -0.2) is 6.54 Å². The van der Waals surface area contributed by atoms with Crippen LogP contribution in [0.3, 0.4) is 0 Å². The molecule has 3 rings (SSSR count). The number of anilines is 1. The monoisotopic (exact) mass is 293 g/mol. The van der Waals surface area contributed by atoms with Crippen molar-refractivity contribution in [3.05, 3.63) is 50.6 Å². The minimum absolute atomic E-state index is 0.564. The lowest BCUT2D eigenvalue weighted by Crippen LogP contribution is -2.16. The molecular weight excluding hydrogens is 282 g/mol. The largest absolute Gasteiger partial charge is 0.385 e. The van der Waals surface area contributed by atoms with Crippen molar-refractivity contribution >= 4 is 33.0 Å². The van der Waals surface area contributed by atoms with E-state index in [1.165, 1.54) is 22.5 Å². The molecule has 2 heterocycles. The van der Waals surface area contributed by atoms with Crippen LogP contribution in [0.4, 0.5) is 5.69 Å². The molecule has 0 saturated heterocycles. The van der Waals surface area contributed by atoms with Gasteiger partial charge in [-0.3, -0.25) is 0 Å². The van der Waals surface area contributed by atoms with Gasteiger partial charge in [0, 0.05) is 27.5 Å². The summed E-state index contributed by atoms with van der Waals surface area (Å²) in [6.07, 6.45) is 1.18. The van der Waals surface area contributed by atoms with E-state index in [1.54, 1.807) is 0 Å². The lowest BCUT2D eigenvalue weighted by Gasteiger charge is -2.26. The number of rotatable bonds is 1. The maximum Gasteiger partial charge on any atom is 0.0380 e. The van der Waals surface area contributed by atoms with Gasteiger partial charge in [0.05, 0.1) is 0 Å². The van der Waals surface area contributed by atoms with Gasteiger partial charge in [0.25, 0.3) is 0 Å². The lowest BCUT2D eigenvalue weighted by atomic mass is 9.90. The fourth-order valence-corrected chi connectivity index (χ4v) is 3.53. The Morgan fingerprint density at radius 2 is 2.25 bits per heavy atom. The number of hydrogen-bond acceptors (Lipinski definition) is 2. The van der Waals surface area contributed by atoms with E-state index in [0.29, 0.717) is 5.92 Å². The van der Waals surface area contributed by atoms with E-state index in [2.05, 4.69) is 57.0 Å². The first-order valence-corrected chi connectivity index (χ1v) is 7.08. The molecule has 0 amide bonds. The van der Waals surface area contributed by atoms with E-state index in [0.717, 1.165) is 11.0 Å². The SMILES string of the molecule is Brc1ccc2c(c1)C(c1cccs1)CCN2. The quantitative estimate of drug-likeness (QED) is 0.819. The van der Waals surface area contributed by atoms with E-state index < -0.39 is 0 Å². The summed E-state index contributed by atoms with van der Waals surface area (Å²) in [5.41, 5.74) is 2.70. The zero-order chi connectivity index (χ0) is 11.0. The first-order chi connectivity index (χ1) is 7.84. The van der Waals surface area contributed by atoms with E-state index in [4.69, 9.17) is 0 Å². The van der Waals surface area contributed by atoms with Gasteiger partial charge in [-0.25, -0.2) is 0 Å². The van der Waals surface area contributed by atoms with Crippen molar-refractivity contribution in [2.45, 2.75) is 12.3 Å². The van der Waals surface area contributed by atoms with Crippen molar-refractivity contribution in [1.82, 2.24) is 0 Å². The smallest absolute Gasteiger partial charge is 0.0380 e. The Kier molecular flexibility index (Phi) is 2.74. The normalized spacial score (nSPS) is 18.9. The van der Waals surface area contributed by atoms with Crippen LogP contribution in [0.5, 0.6) is 0 Å². The third-order valence-electron chi connectivity index (χ3n) is 3.02. The molecule has 0 bridgehead atoms. The van der Waals surface area contributed by atoms with Crippen molar-refractivity contribution in [2.24, 2.45) is 0 Å². The highest BCUT2D eigenvalue weighted by Crippen LogP contribution is 2.39. The van der Waals surface area contributed by atoms with Crippen LogP contribution in [0.1, 0.15) is 22.8 Å². The van der Waals surface area contributed by atoms with Gasteiger partial charge in [-0.2, -0.15) is 0 Å². The Morgan fingerprint density at radius 1 is 1.31 bits per heavy atom. The summed E-state index contributed by atoms with van der Waals surface area (Å²) in [5, 5.41) is 5.63. The molecule has 1 N–H and O–H groups in total. The summed E-state index contributed by atoms with van der Waals surface area (Å²) in [4.78, 5) is 1.47. The Balaban J connectivity index is 2.08. The number of thiophene rings is 1. The summed E-state index contributed by atoms with van der Waals surface area (Å²) in [6, 6.07) is 10.9. The van der Waals surface area contributed by atoms with Gasteiger partial charge in [0.15, 0.2) is 0 Å². The van der Waals surface area contributed by atoms with Gasteiger partial charge in [0.1, 0.15) is 0 Å². The molecule has 82 valence electrons. The number of hydrogen-bond donors (Lipinski definition) is 1. The number of benzene rings is 1. The van der Waals surface area contributed by atoms with Gasteiger partial charge >= 0.3 is 0 Å². The van der Waals surface area contributed by atoms with Crippen LogP contribution in [-0.2, 0) is 0 Å². The number of nitrogens with one attached hydrogen (secondary N) is 1. The molecule has 1 nitrogen and oxygen atoms in total. The topological polar surface area (TPSA) is 12.0 Å². The molecule has 1 aromatic heterocycles. The lowest BCUT2D eigenvalue weighted by molar-refractivity contribution is 0.731. The van der Waals surface area contributed by atoms with Crippen molar-refractivity contribution in [1.29, 1.82) is 0 Å². The molecule has 1 aliphatic rings. The zero-order valence-electron chi connectivity index (χ0n) is 8.74. The van der Waals surface area contributed by atoms with E-state index in [-0.39, 0.29) is 0 Å². The van der Waals surface area contributed by atoms with Gasteiger partial charge in [0.2, 0.25) is 0 Å². The predicted octanol–water partition coefficient (Wildman–Crippen LogP) is 4.46. The molecule has 0 fully saturated rings. The average Bonchev–Trinajstić information content (AvgIpc) is 2.81. The molecule has 3 heteroatoms. The number of halogens is 1. The van der Waals surface area contributed by atoms with E-state index in [9.17, 15) is 0 Å². The molecule has 0 spiro atoms. The molecule has 1 aromatic carbocycles. The Labute approximate surface area is 108 Å². The minimum Gasteiger partial charge on any atom is -0.385 e.